The number of carbonyl (C=O) groups is 1. The van der Waals surface area contributed by atoms with Gasteiger partial charge < -0.3 is 11.1 Å². The number of nitrogens with two attached hydrogens (primary N) is 1. The first-order chi connectivity index (χ1) is 10.9. The lowest BCUT2D eigenvalue weighted by atomic mass is 10.3. The van der Waals surface area contributed by atoms with E-state index in [1.807, 2.05) is 0 Å². The number of amides is 1. The maximum absolute atomic E-state index is 11.5. The molecule has 0 aromatic heterocycles. The lowest BCUT2D eigenvalue weighted by molar-refractivity contribution is -0.117. The summed E-state index contributed by atoms with van der Waals surface area (Å²) in [5, 5.41) is 2.66. The summed E-state index contributed by atoms with van der Waals surface area (Å²) in [6.07, 6.45) is 0.818. The van der Waals surface area contributed by atoms with E-state index in [2.05, 4.69) is 11.9 Å². The first-order valence-electron chi connectivity index (χ1n) is 5.94. The summed E-state index contributed by atoms with van der Waals surface area (Å²) >= 11 is 0. The van der Waals surface area contributed by atoms with Crippen molar-refractivity contribution in [2.45, 2.75) is 24.4 Å². The second-order valence-corrected chi connectivity index (χ2v) is 7.77. The smallest absolute Gasteiger partial charge is 0.352 e. The summed E-state index contributed by atoms with van der Waals surface area (Å²) in [6.45, 7) is 6.42. The molecule has 0 saturated heterocycles. The minimum atomic E-state index is -6.60. The molecule has 0 atom stereocenters. The Morgan fingerprint density at radius 1 is 1.00 bits per heavy atom. The molecule has 0 unspecified atom stereocenters. The molecule has 1 amide bonds. The molecule has 0 fully saturated rings. The Kier molecular flexibility index (Phi) is 9.66. The van der Waals surface area contributed by atoms with Crippen molar-refractivity contribution in [3.63, 3.8) is 0 Å². The van der Waals surface area contributed by atoms with Gasteiger partial charge in [0.2, 0.25) is 5.91 Å². The molecule has 16 heteroatoms. The number of hydrogen-bond acceptors (Lipinski definition) is 6. The van der Waals surface area contributed by atoms with Gasteiger partial charge >= 0.3 is 31.1 Å². The van der Waals surface area contributed by atoms with Crippen LogP contribution in [0.15, 0.2) is 12.2 Å². The fourth-order valence-electron chi connectivity index (χ4n) is 0.694. The maximum atomic E-state index is 11.5. The highest BCUT2D eigenvalue weighted by molar-refractivity contribution is 8.05. The van der Waals surface area contributed by atoms with E-state index in [1.165, 1.54) is 0 Å². The van der Waals surface area contributed by atoms with Crippen molar-refractivity contribution < 1.29 is 48.0 Å². The molecule has 0 spiro atoms. The summed E-state index contributed by atoms with van der Waals surface area (Å²) < 4.78 is 108. The van der Waals surface area contributed by atoms with E-state index >= 15 is 0 Å². The van der Waals surface area contributed by atoms with Crippen molar-refractivity contribution in [2.24, 2.45) is 5.73 Å². The lowest BCUT2D eigenvalue weighted by Gasteiger charge is -2.11. The zero-order valence-corrected chi connectivity index (χ0v) is 14.2. The Morgan fingerprint density at radius 3 is 1.60 bits per heavy atom. The third-order valence-electron chi connectivity index (χ3n) is 1.88. The molecule has 0 aromatic carbocycles. The number of nitrogens with one attached hydrogen (secondary N) is 2. The van der Waals surface area contributed by atoms with Crippen LogP contribution in [-0.2, 0) is 24.8 Å². The molecule has 0 aromatic rings. The molecule has 8 nitrogen and oxygen atoms in total. The highest BCUT2D eigenvalue weighted by atomic mass is 32.3. The quantitative estimate of drug-likeness (QED) is 0.320. The summed E-state index contributed by atoms with van der Waals surface area (Å²) in [7, 11) is -13.2. The van der Waals surface area contributed by atoms with E-state index in [0.717, 1.165) is 6.42 Å². The van der Waals surface area contributed by atoms with E-state index in [9.17, 15) is 48.0 Å². The molecule has 0 saturated carbocycles. The number of sulfonamides is 2. The van der Waals surface area contributed by atoms with Gasteiger partial charge in [-0.15, -0.1) is 0 Å². The lowest BCUT2D eigenvalue weighted by Crippen LogP contribution is -2.45. The van der Waals surface area contributed by atoms with E-state index < -0.39 is 35.2 Å². The zero-order valence-electron chi connectivity index (χ0n) is 12.5. The molecular formula is C9H15F6N3O5S2. The van der Waals surface area contributed by atoms with Crippen LogP contribution in [-0.4, -0.2) is 46.8 Å². The molecule has 25 heavy (non-hydrogen) atoms. The van der Waals surface area contributed by atoms with Crippen LogP contribution >= 0.6 is 0 Å². The standard InChI is InChI=1S/C7H14N2O.C2HF6NO4S2/c1-6(2)7(10)9-5-3-4-8;3-1(4,5)14(10,11)9-15(12,13)2(6,7)8/h1,3-5,8H2,2H3,(H,9,10);9H. The average molecular weight is 423 g/mol. The molecular weight excluding hydrogens is 408 g/mol. The number of halogens is 6. The van der Waals surface area contributed by atoms with Crippen molar-refractivity contribution in [2.75, 3.05) is 13.1 Å². The van der Waals surface area contributed by atoms with Crippen LogP contribution in [0.2, 0.25) is 0 Å². The van der Waals surface area contributed by atoms with Gasteiger partial charge in [-0.1, -0.05) is 10.7 Å². The average Bonchev–Trinajstić information content (AvgIpc) is 2.35. The Labute approximate surface area is 139 Å². The third-order valence-corrected chi connectivity index (χ3v) is 4.86. The molecule has 0 heterocycles. The summed E-state index contributed by atoms with van der Waals surface area (Å²) in [5.74, 6) is -0.0894. The van der Waals surface area contributed by atoms with Gasteiger partial charge in [0.05, 0.1) is 0 Å². The molecule has 0 aliphatic rings. The Morgan fingerprint density at radius 2 is 1.36 bits per heavy atom. The highest BCUT2D eigenvalue weighted by Gasteiger charge is 2.55. The zero-order chi connectivity index (χ0) is 20.7. The van der Waals surface area contributed by atoms with Crippen LogP contribution in [0.3, 0.4) is 0 Å². The fourth-order valence-corrected chi connectivity index (χ4v) is 2.61. The normalized spacial score (nSPS) is 12.8. The minimum Gasteiger partial charge on any atom is -0.352 e. The SMILES string of the molecule is C=C(C)C(=O)NCCCN.O=S(=O)(NS(=O)(=O)C(F)(F)F)C(F)(F)F. The van der Waals surface area contributed by atoms with E-state index in [0.29, 0.717) is 18.7 Å². The maximum Gasteiger partial charge on any atom is 0.512 e. The van der Waals surface area contributed by atoms with Crippen molar-refractivity contribution in [3.05, 3.63) is 12.2 Å². The molecule has 150 valence electrons. The van der Waals surface area contributed by atoms with Gasteiger partial charge in [-0.05, 0) is 19.9 Å². The Bertz CT molecular complexity index is 627. The van der Waals surface area contributed by atoms with Gasteiger partial charge in [-0.3, -0.25) is 4.79 Å². The van der Waals surface area contributed by atoms with Gasteiger partial charge in [-0.2, -0.15) is 26.3 Å². The second-order valence-electron chi connectivity index (χ2n) is 4.16. The van der Waals surface area contributed by atoms with Gasteiger partial charge in [-0.25, -0.2) is 16.8 Å². The summed E-state index contributed by atoms with van der Waals surface area (Å²) in [4.78, 5) is 10.8. The topological polar surface area (TPSA) is 135 Å². The Hall–Kier alpha value is -1.39. The van der Waals surface area contributed by atoms with Crippen molar-refractivity contribution in [3.8, 4) is 0 Å². The number of carbonyl (C=O) groups excluding carboxylic acids is 1. The number of hydrogen-bond donors (Lipinski definition) is 3. The molecule has 0 radical (unpaired) electrons. The summed E-state index contributed by atoms with van der Waals surface area (Å²) in [6, 6.07) is 0. The van der Waals surface area contributed by atoms with Crippen LogP contribution < -0.4 is 15.2 Å². The monoisotopic (exact) mass is 423 g/mol. The molecule has 0 rings (SSSR count). The first-order valence-corrected chi connectivity index (χ1v) is 8.90. The predicted octanol–water partition coefficient (Wildman–Crippen LogP) is 0.303. The molecule has 4 N–H and O–H groups in total. The van der Waals surface area contributed by atoms with Gasteiger partial charge in [0.25, 0.3) is 0 Å². The van der Waals surface area contributed by atoms with Crippen molar-refractivity contribution in [1.29, 1.82) is 0 Å². The second kappa shape index (κ2) is 9.35. The molecule has 0 aliphatic carbocycles. The third kappa shape index (κ3) is 9.61. The Balaban J connectivity index is 0. The fraction of sp³-hybridized carbons (Fsp3) is 0.667. The van der Waals surface area contributed by atoms with E-state index in [1.54, 1.807) is 6.92 Å². The van der Waals surface area contributed by atoms with Gasteiger partial charge in [0.15, 0.2) is 0 Å². The van der Waals surface area contributed by atoms with Crippen LogP contribution in [0.1, 0.15) is 13.3 Å². The molecule has 0 bridgehead atoms. The largest absolute Gasteiger partial charge is 0.512 e. The van der Waals surface area contributed by atoms with Crippen LogP contribution in [0, 0.1) is 0 Å². The van der Waals surface area contributed by atoms with Crippen LogP contribution in [0.25, 0.3) is 0 Å². The van der Waals surface area contributed by atoms with Crippen molar-refractivity contribution >= 4 is 26.0 Å². The van der Waals surface area contributed by atoms with Crippen molar-refractivity contribution in [1.82, 2.24) is 9.44 Å². The highest BCUT2D eigenvalue weighted by Crippen LogP contribution is 2.27. The van der Waals surface area contributed by atoms with Crippen LogP contribution in [0.5, 0.6) is 0 Å². The number of alkyl halides is 6. The molecule has 0 aliphatic heterocycles. The van der Waals surface area contributed by atoms with Crippen LogP contribution in [0.4, 0.5) is 26.3 Å². The first kappa shape index (κ1) is 25.8. The number of rotatable bonds is 6. The predicted molar refractivity (Wildman–Crippen MR) is 74.6 cm³/mol. The van der Waals surface area contributed by atoms with E-state index in [-0.39, 0.29) is 5.91 Å². The van der Waals surface area contributed by atoms with Gasteiger partial charge in [0, 0.05) is 12.1 Å². The minimum absolute atomic E-state index is 0.0894. The van der Waals surface area contributed by atoms with Gasteiger partial charge in [0.1, 0.15) is 0 Å². The summed E-state index contributed by atoms with van der Waals surface area (Å²) in [5.41, 5.74) is -6.54. The van der Waals surface area contributed by atoms with E-state index in [4.69, 9.17) is 5.73 Å².